The molecule has 0 aromatic carbocycles. The summed E-state index contributed by atoms with van der Waals surface area (Å²) in [6, 6.07) is 0. The van der Waals surface area contributed by atoms with Crippen LogP contribution >= 0.6 is 15.9 Å². The minimum Gasteiger partial charge on any atom is -0.341 e. The number of nitrogens with one attached hydrogen (secondary N) is 1. The van der Waals surface area contributed by atoms with Crippen LogP contribution in [0.15, 0.2) is 0 Å². The van der Waals surface area contributed by atoms with Gasteiger partial charge in [0.1, 0.15) is 0 Å². The first-order chi connectivity index (χ1) is 8.70. The van der Waals surface area contributed by atoms with Gasteiger partial charge in [0.2, 0.25) is 15.9 Å². The van der Waals surface area contributed by atoms with Crippen LogP contribution in [0.1, 0.15) is 26.7 Å². The van der Waals surface area contributed by atoms with Crippen LogP contribution in [-0.2, 0) is 14.8 Å². The number of carbonyl (C=O) groups excluding carboxylic acids is 1. The second-order valence-corrected chi connectivity index (χ2v) is 8.38. The van der Waals surface area contributed by atoms with Gasteiger partial charge < -0.3 is 4.90 Å². The van der Waals surface area contributed by atoms with Crippen LogP contribution in [0.5, 0.6) is 0 Å². The standard InChI is InChI=1S/C12H23BrN2O3S/c1-9(2)11(13)12(16)15-6-4-5-10(8-15)7-14-19(3,17)18/h9-11,14H,4-8H2,1-3H3. The first-order valence-electron chi connectivity index (χ1n) is 6.58. The Morgan fingerprint density at radius 3 is 2.63 bits per heavy atom. The summed E-state index contributed by atoms with van der Waals surface area (Å²) in [5.41, 5.74) is 0. The monoisotopic (exact) mass is 354 g/mol. The maximum absolute atomic E-state index is 12.2. The van der Waals surface area contributed by atoms with Gasteiger partial charge in [0.15, 0.2) is 0 Å². The average Bonchev–Trinajstić information content (AvgIpc) is 2.34. The molecule has 1 amide bonds. The van der Waals surface area contributed by atoms with E-state index < -0.39 is 10.0 Å². The largest absolute Gasteiger partial charge is 0.341 e. The molecule has 1 N–H and O–H groups in total. The normalized spacial score (nSPS) is 22.6. The highest BCUT2D eigenvalue weighted by atomic mass is 79.9. The quantitative estimate of drug-likeness (QED) is 0.754. The van der Waals surface area contributed by atoms with E-state index in [4.69, 9.17) is 0 Å². The fourth-order valence-corrected chi connectivity index (χ4v) is 2.99. The van der Waals surface area contributed by atoms with Gasteiger partial charge in [0.05, 0.1) is 11.1 Å². The van der Waals surface area contributed by atoms with Gasteiger partial charge in [-0.3, -0.25) is 4.79 Å². The van der Waals surface area contributed by atoms with Crippen molar-refractivity contribution in [3.8, 4) is 0 Å². The van der Waals surface area contributed by atoms with Gasteiger partial charge in [-0.25, -0.2) is 13.1 Å². The third-order valence-corrected chi connectivity index (χ3v) is 5.43. The van der Waals surface area contributed by atoms with Crippen molar-refractivity contribution < 1.29 is 13.2 Å². The molecule has 1 saturated heterocycles. The van der Waals surface area contributed by atoms with Crippen molar-refractivity contribution in [3.63, 3.8) is 0 Å². The van der Waals surface area contributed by atoms with E-state index in [1.807, 2.05) is 18.7 Å². The SMILES string of the molecule is CC(C)C(Br)C(=O)N1CCCC(CNS(C)(=O)=O)C1. The summed E-state index contributed by atoms with van der Waals surface area (Å²) in [5.74, 6) is 0.570. The van der Waals surface area contributed by atoms with Crippen molar-refractivity contribution in [2.45, 2.75) is 31.5 Å². The number of rotatable bonds is 5. The molecule has 0 aromatic rings. The second-order valence-electron chi connectivity index (χ2n) is 5.56. The molecule has 0 aromatic heterocycles. The minimum absolute atomic E-state index is 0.110. The lowest BCUT2D eigenvalue weighted by atomic mass is 9.97. The number of nitrogens with zero attached hydrogens (tertiary/aromatic N) is 1. The van der Waals surface area contributed by atoms with Crippen molar-refractivity contribution in [2.75, 3.05) is 25.9 Å². The third kappa shape index (κ3) is 5.79. The molecule has 7 heteroatoms. The fourth-order valence-electron chi connectivity index (χ4n) is 2.16. The molecular formula is C12H23BrN2O3S. The van der Waals surface area contributed by atoms with Crippen molar-refractivity contribution in [1.82, 2.24) is 9.62 Å². The van der Waals surface area contributed by atoms with E-state index in [1.165, 1.54) is 0 Å². The Labute approximate surface area is 124 Å². The minimum atomic E-state index is -3.15. The van der Waals surface area contributed by atoms with Crippen LogP contribution in [0.25, 0.3) is 0 Å². The Morgan fingerprint density at radius 1 is 1.47 bits per heavy atom. The molecule has 0 spiro atoms. The molecule has 0 radical (unpaired) electrons. The maximum atomic E-state index is 12.2. The summed E-state index contributed by atoms with van der Waals surface area (Å²) in [6.45, 7) is 5.82. The molecule has 1 aliphatic rings. The summed E-state index contributed by atoms with van der Waals surface area (Å²) in [6.07, 6.45) is 3.05. The first kappa shape index (κ1) is 16.9. The highest BCUT2D eigenvalue weighted by Crippen LogP contribution is 2.21. The number of amides is 1. The highest BCUT2D eigenvalue weighted by molar-refractivity contribution is 9.10. The molecule has 0 aliphatic carbocycles. The molecular weight excluding hydrogens is 332 g/mol. The Hall–Kier alpha value is -0.140. The van der Waals surface area contributed by atoms with E-state index in [0.29, 0.717) is 13.1 Å². The summed E-state index contributed by atoms with van der Waals surface area (Å²) in [4.78, 5) is 13.9. The Kier molecular flexibility index (Phi) is 6.26. The third-order valence-electron chi connectivity index (χ3n) is 3.29. The van der Waals surface area contributed by atoms with Crippen LogP contribution in [0.4, 0.5) is 0 Å². The number of sulfonamides is 1. The van der Waals surface area contributed by atoms with Gasteiger partial charge in [-0.2, -0.15) is 0 Å². The molecule has 112 valence electrons. The van der Waals surface area contributed by atoms with Crippen molar-refractivity contribution in [2.24, 2.45) is 11.8 Å². The fraction of sp³-hybridized carbons (Fsp3) is 0.917. The maximum Gasteiger partial charge on any atom is 0.236 e. The lowest BCUT2D eigenvalue weighted by Crippen LogP contribution is -2.46. The van der Waals surface area contributed by atoms with E-state index in [0.717, 1.165) is 25.6 Å². The smallest absolute Gasteiger partial charge is 0.236 e. The second kappa shape index (κ2) is 7.04. The number of hydrogen-bond acceptors (Lipinski definition) is 3. The van der Waals surface area contributed by atoms with E-state index >= 15 is 0 Å². The molecule has 5 nitrogen and oxygen atoms in total. The lowest BCUT2D eigenvalue weighted by Gasteiger charge is -2.34. The topological polar surface area (TPSA) is 66.5 Å². The summed E-state index contributed by atoms with van der Waals surface area (Å²) >= 11 is 3.43. The Morgan fingerprint density at radius 2 is 2.11 bits per heavy atom. The van der Waals surface area contributed by atoms with Crippen LogP contribution < -0.4 is 4.72 Å². The van der Waals surface area contributed by atoms with Crippen molar-refractivity contribution in [3.05, 3.63) is 0 Å². The number of halogens is 1. The summed E-state index contributed by atoms with van der Waals surface area (Å²) in [7, 11) is -3.15. The molecule has 1 heterocycles. The Balaban J connectivity index is 2.52. The molecule has 0 bridgehead atoms. The highest BCUT2D eigenvalue weighted by Gasteiger charge is 2.29. The van der Waals surface area contributed by atoms with Crippen molar-refractivity contribution in [1.29, 1.82) is 0 Å². The molecule has 1 rings (SSSR count). The predicted molar refractivity (Wildman–Crippen MR) is 79.7 cm³/mol. The van der Waals surface area contributed by atoms with Gasteiger partial charge >= 0.3 is 0 Å². The molecule has 2 atom stereocenters. The lowest BCUT2D eigenvalue weighted by molar-refractivity contribution is -0.132. The number of hydrogen-bond donors (Lipinski definition) is 1. The molecule has 2 unspecified atom stereocenters. The molecule has 1 aliphatic heterocycles. The predicted octanol–water partition coefficient (Wildman–Crippen LogP) is 1.19. The molecule has 1 fully saturated rings. The number of alkyl halides is 1. The van der Waals surface area contributed by atoms with Crippen LogP contribution in [-0.4, -0.2) is 49.9 Å². The zero-order valence-corrected chi connectivity index (χ0v) is 14.1. The number of likely N-dealkylation sites (tertiary alicyclic amines) is 1. The van der Waals surface area contributed by atoms with Gasteiger partial charge in [-0.1, -0.05) is 29.8 Å². The summed E-state index contributed by atoms with van der Waals surface area (Å²) in [5, 5.41) is 0. The van der Waals surface area contributed by atoms with Crippen LogP contribution in [0.2, 0.25) is 0 Å². The van der Waals surface area contributed by atoms with Crippen LogP contribution in [0, 0.1) is 11.8 Å². The average molecular weight is 355 g/mol. The number of piperidine rings is 1. The first-order valence-corrected chi connectivity index (χ1v) is 9.39. The van der Waals surface area contributed by atoms with Gasteiger partial charge in [0.25, 0.3) is 0 Å². The zero-order chi connectivity index (χ0) is 14.6. The molecule has 0 saturated carbocycles. The van der Waals surface area contributed by atoms with E-state index in [-0.39, 0.29) is 22.6 Å². The van der Waals surface area contributed by atoms with Gasteiger partial charge in [-0.05, 0) is 24.7 Å². The van der Waals surface area contributed by atoms with Gasteiger partial charge in [0, 0.05) is 19.6 Å². The van der Waals surface area contributed by atoms with Crippen LogP contribution in [0.3, 0.4) is 0 Å². The van der Waals surface area contributed by atoms with E-state index in [2.05, 4.69) is 20.7 Å². The van der Waals surface area contributed by atoms with E-state index in [1.54, 1.807) is 0 Å². The van der Waals surface area contributed by atoms with E-state index in [9.17, 15) is 13.2 Å². The Bertz CT molecular complexity index is 411. The van der Waals surface area contributed by atoms with Gasteiger partial charge in [-0.15, -0.1) is 0 Å². The number of carbonyl (C=O) groups is 1. The zero-order valence-electron chi connectivity index (χ0n) is 11.7. The molecule has 19 heavy (non-hydrogen) atoms. The summed E-state index contributed by atoms with van der Waals surface area (Å²) < 4.78 is 24.7. The van der Waals surface area contributed by atoms with Crippen molar-refractivity contribution >= 4 is 31.9 Å².